The molecule has 0 aromatic carbocycles. The normalized spacial score (nSPS) is 17.7. The summed E-state index contributed by atoms with van der Waals surface area (Å²) in [5.74, 6) is 0. The second kappa shape index (κ2) is 9.21. The van der Waals surface area contributed by atoms with Gasteiger partial charge in [-0.3, -0.25) is 12.2 Å². The topological polar surface area (TPSA) is 0 Å². The van der Waals surface area contributed by atoms with Gasteiger partial charge in [0.05, 0.1) is 0 Å². The van der Waals surface area contributed by atoms with Gasteiger partial charge in [0.1, 0.15) is 0 Å². The van der Waals surface area contributed by atoms with E-state index in [2.05, 4.69) is 76.7 Å². The van der Waals surface area contributed by atoms with Crippen LogP contribution < -0.4 is 24.8 Å². The van der Waals surface area contributed by atoms with Crippen molar-refractivity contribution in [3.63, 3.8) is 0 Å². The van der Waals surface area contributed by atoms with Crippen LogP contribution in [-0.2, 0) is 21.7 Å². The van der Waals surface area contributed by atoms with E-state index in [4.69, 9.17) is 0 Å². The van der Waals surface area contributed by atoms with E-state index < -0.39 is 24.2 Å². The largest absolute Gasteiger partial charge is 4.00 e. The van der Waals surface area contributed by atoms with Gasteiger partial charge in [-0.15, -0.1) is 12.8 Å². The molecule has 0 saturated carbocycles. The maximum absolute atomic E-state index is 3.75. The molecule has 6 heteroatoms. The minimum Gasteiger partial charge on any atom is -1.00 e. The van der Waals surface area contributed by atoms with E-state index in [0.717, 1.165) is 12.8 Å². The molecule has 0 aliphatic heterocycles. The maximum Gasteiger partial charge on any atom is 4.00 e. The molecule has 0 amide bonds. The third-order valence-corrected chi connectivity index (χ3v) is 12.6. The van der Waals surface area contributed by atoms with Gasteiger partial charge in [-0.2, -0.15) is 12.2 Å². The molecule has 2 rings (SSSR count). The maximum atomic E-state index is 3.75. The predicted molar refractivity (Wildman–Crippen MR) is 103 cm³/mol. The van der Waals surface area contributed by atoms with Crippen LogP contribution in [0.4, 0.5) is 0 Å². The van der Waals surface area contributed by atoms with Gasteiger partial charge in [0.2, 0.25) is 0 Å². The van der Waals surface area contributed by atoms with Crippen LogP contribution in [-0.4, -0.2) is 24.2 Å². The fraction of sp³-hybridized carbons (Fsp3) is 0.556. The minimum atomic E-state index is -1.64. The van der Waals surface area contributed by atoms with Crippen molar-refractivity contribution in [1.82, 2.24) is 0 Å². The molecule has 24 heavy (non-hydrogen) atoms. The van der Waals surface area contributed by atoms with Crippen LogP contribution >= 0.6 is 0 Å². The van der Waals surface area contributed by atoms with Crippen molar-refractivity contribution in [2.45, 2.75) is 65.2 Å². The Bertz CT molecular complexity index is 524. The number of allylic oxidation sites excluding steroid dienone is 8. The smallest absolute Gasteiger partial charge is 1.00 e. The third kappa shape index (κ3) is 5.45. The number of hydrogen-bond donors (Lipinski definition) is 0. The van der Waals surface area contributed by atoms with Gasteiger partial charge in [0.25, 0.3) is 0 Å². The SMILES string of the molecule is C[Si](C)(C)C1=CC[C-]=C1[Si](C)(C)C1=[C-]CC=C1[Si](C)(C)C.[Cl-].[Cl-].[Ti+4]. The Morgan fingerprint density at radius 1 is 0.667 bits per heavy atom. The molecule has 0 bridgehead atoms. The molecule has 0 aromatic rings. The zero-order chi connectivity index (χ0) is 16.1. The van der Waals surface area contributed by atoms with Crippen LogP contribution in [0.15, 0.2) is 32.9 Å². The van der Waals surface area contributed by atoms with Crippen LogP contribution in [0, 0.1) is 12.2 Å². The van der Waals surface area contributed by atoms with Gasteiger partial charge in [0.15, 0.2) is 0 Å². The second-order valence-corrected chi connectivity index (χ2v) is 23.2. The van der Waals surface area contributed by atoms with Crippen LogP contribution in [0.2, 0.25) is 52.4 Å². The summed E-state index contributed by atoms with van der Waals surface area (Å²) in [7, 11) is -4.18. The summed E-state index contributed by atoms with van der Waals surface area (Å²) >= 11 is 0. The zero-order valence-electron chi connectivity index (χ0n) is 16.3. The first-order valence-electron chi connectivity index (χ1n) is 8.10. The van der Waals surface area contributed by atoms with Crippen molar-refractivity contribution in [2.24, 2.45) is 0 Å². The summed E-state index contributed by atoms with van der Waals surface area (Å²) in [5, 5.41) is 6.57. The van der Waals surface area contributed by atoms with Crippen molar-refractivity contribution in [3.8, 4) is 0 Å². The van der Waals surface area contributed by atoms with Crippen LogP contribution in [0.25, 0.3) is 0 Å². The van der Waals surface area contributed by atoms with E-state index in [0.29, 0.717) is 0 Å². The average Bonchev–Trinajstić information content (AvgIpc) is 2.97. The Morgan fingerprint density at radius 3 is 1.21 bits per heavy atom. The van der Waals surface area contributed by atoms with Crippen molar-refractivity contribution in [2.75, 3.05) is 0 Å². The molecule has 0 saturated heterocycles. The molecule has 0 aromatic heterocycles. The third-order valence-electron chi connectivity index (χ3n) is 4.57. The van der Waals surface area contributed by atoms with Gasteiger partial charge in [-0.25, -0.2) is 20.8 Å². The van der Waals surface area contributed by atoms with Crippen molar-refractivity contribution in [1.29, 1.82) is 0 Å². The van der Waals surface area contributed by atoms with Gasteiger partial charge in [-0.1, -0.05) is 52.4 Å². The standard InChI is InChI=1S/C18H30Si3.2ClH.Ti/c1-19(2,3)15-11-9-13-17(15)21(7,8)18-14-10-12-16(18)20(4,5)6;;;/h11-12H,9-10H2,1-8H3;2*1H;/q-2;;;+4/p-2. The molecule has 2 aliphatic rings. The Labute approximate surface area is 180 Å². The van der Waals surface area contributed by atoms with Crippen molar-refractivity contribution >= 4 is 24.2 Å². The molecule has 0 spiro atoms. The average molecular weight is 449 g/mol. The second-order valence-electron chi connectivity index (χ2n) is 8.87. The van der Waals surface area contributed by atoms with Gasteiger partial charge < -0.3 is 24.8 Å². The zero-order valence-corrected chi connectivity index (χ0v) is 22.4. The van der Waals surface area contributed by atoms with Gasteiger partial charge in [-0.05, 0) is 16.1 Å². The summed E-state index contributed by atoms with van der Waals surface area (Å²) in [6.07, 6.45) is 14.5. The summed E-state index contributed by atoms with van der Waals surface area (Å²) < 4.78 is 0. The molecule has 0 atom stereocenters. The quantitative estimate of drug-likeness (QED) is 0.407. The van der Waals surface area contributed by atoms with Crippen molar-refractivity contribution in [3.05, 3.63) is 45.1 Å². The van der Waals surface area contributed by atoms with Gasteiger partial charge in [0, 0.05) is 8.07 Å². The molecule has 2 aliphatic carbocycles. The first-order valence-corrected chi connectivity index (χ1v) is 18.1. The molecule has 132 valence electrons. The van der Waals surface area contributed by atoms with Crippen LogP contribution in [0.1, 0.15) is 12.8 Å². The first-order chi connectivity index (χ1) is 9.45. The number of rotatable bonds is 4. The fourth-order valence-electron chi connectivity index (χ4n) is 3.51. The monoisotopic (exact) mass is 448 g/mol. The van der Waals surface area contributed by atoms with Crippen LogP contribution in [0.3, 0.4) is 0 Å². The van der Waals surface area contributed by atoms with E-state index in [1.165, 1.54) is 0 Å². The molecule has 0 radical (unpaired) electrons. The van der Waals surface area contributed by atoms with E-state index in [9.17, 15) is 0 Å². The Hall–Kier alpha value is 0.905. The van der Waals surface area contributed by atoms with Crippen molar-refractivity contribution < 1.29 is 46.5 Å². The Morgan fingerprint density at radius 2 is 0.958 bits per heavy atom. The Kier molecular flexibility index (Phi) is 10.4. The fourth-order valence-corrected chi connectivity index (χ4v) is 13.6. The molecular weight excluding hydrogens is 419 g/mol. The van der Waals surface area contributed by atoms with E-state index in [1.54, 1.807) is 20.8 Å². The number of hydrogen-bond acceptors (Lipinski definition) is 0. The Balaban J connectivity index is 0. The van der Waals surface area contributed by atoms with E-state index >= 15 is 0 Å². The molecule has 0 fully saturated rings. The molecule has 0 nitrogen and oxygen atoms in total. The van der Waals surface area contributed by atoms with Crippen LogP contribution in [0.5, 0.6) is 0 Å². The summed E-state index contributed by atoms with van der Waals surface area (Å²) in [6, 6.07) is 0. The molecule has 0 N–H and O–H groups in total. The summed E-state index contributed by atoms with van der Waals surface area (Å²) in [5.41, 5.74) is 0. The summed E-state index contributed by atoms with van der Waals surface area (Å²) in [6.45, 7) is 19.9. The first kappa shape index (κ1) is 27.1. The molecule has 0 unspecified atom stereocenters. The predicted octanol–water partition coefficient (Wildman–Crippen LogP) is -0.347. The molecule has 0 heterocycles. The van der Waals surface area contributed by atoms with Gasteiger partial charge >= 0.3 is 21.7 Å². The van der Waals surface area contributed by atoms with E-state index in [1.807, 2.05) is 0 Å². The molecular formula is C18H30Cl2Si3Ti. The summed E-state index contributed by atoms with van der Waals surface area (Å²) in [4.78, 5) is 0. The minimum absolute atomic E-state index is 0. The number of halogens is 2. The van der Waals surface area contributed by atoms with E-state index in [-0.39, 0.29) is 46.5 Å².